The zero-order valence-electron chi connectivity index (χ0n) is 12.1. The van der Waals surface area contributed by atoms with Gasteiger partial charge in [-0.2, -0.15) is 4.98 Å². The van der Waals surface area contributed by atoms with Gasteiger partial charge in [0.1, 0.15) is 11.3 Å². The molecule has 0 spiro atoms. The SMILES string of the molecule is O=C(O)N[C@@H]1C[C@H](O)CN(c2nc(Cl)nc3c(F)c(Cl)ncc23)C1. The summed E-state index contributed by atoms with van der Waals surface area (Å²) in [6.45, 7) is 0.417. The van der Waals surface area contributed by atoms with E-state index in [1.165, 1.54) is 6.20 Å². The average molecular weight is 376 g/mol. The molecule has 2 aromatic rings. The van der Waals surface area contributed by atoms with Crippen LogP contribution in [0.3, 0.4) is 0 Å². The molecule has 3 heterocycles. The first-order chi connectivity index (χ1) is 11.3. The highest BCUT2D eigenvalue weighted by atomic mass is 35.5. The summed E-state index contributed by atoms with van der Waals surface area (Å²) in [5.74, 6) is -0.568. The van der Waals surface area contributed by atoms with Crippen molar-refractivity contribution in [2.45, 2.75) is 18.6 Å². The Labute approximate surface area is 145 Å². The number of rotatable bonds is 2. The molecular weight excluding hydrogens is 364 g/mol. The Morgan fingerprint density at radius 1 is 1.38 bits per heavy atom. The number of aromatic nitrogens is 3. The van der Waals surface area contributed by atoms with E-state index in [0.29, 0.717) is 0 Å². The Bertz CT molecular complexity index is 809. The Morgan fingerprint density at radius 3 is 2.83 bits per heavy atom. The number of hydrogen-bond acceptors (Lipinski definition) is 6. The number of amides is 1. The van der Waals surface area contributed by atoms with Crippen LogP contribution in [0.15, 0.2) is 6.20 Å². The van der Waals surface area contributed by atoms with Crippen LogP contribution in [-0.4, -0.2) is 56.5 Å². The van der Waals surface area contributed by atoms with Crippen molar-refractivity contribution >= 4 is 46.0 Å². The standard InChI is InChI=1S/C13H12Cl2FN5O3/c14-10-8(16)9-7(2-17-10)11(20-12(15)19-9)21-3-5(18-13(23)24)1-6(22)4-21/h2,5-6,18,22H,1,3-4H2,(H,23,24)/t5-,6+/m1/s1. The van der Waals surface area contributed by atoms with Gasteiger partial charge >= 0.3 is 6.09 Å². The highest BCUT2D eigenvalue weighted by Gasteiger charge is 2.29. The fourth-order valence-electron chi connectivity index (χ4n) is 2.76. The van der Waals surface area contributed by atoms with Crippen LogP contribution in [0.2, 0.25) is 10.4 Å². The summed E-state index contributed by atoms with van der Waals surface area (Å²) in [6.07, 6.45) is -0.408. The second kappa shape index (κ2) is 6.50. The van der Waals surface area contributed by atoms with Gasteiger partial charge in [0.05, 0.1) is 17.5 Å². The van der Waals surface area contributed by atoms with Crippen molar-refractivity contribution in [1.29, 1.82) is 0 Å². The van der Waals surface area contributed by atoms with E-state index in [-0.39, 0.29) is 46.7 Å². The third-order valence-electron chi connectivity index (χ3n) is 3.65. The van der Waals surface area contributed by atoms with E-state index in [2.05, 4.69) is 20.3 Å². The summed E-state index contributed by atoms with van der Waals surface area (Å²) in [5, 5.41) is 20.9. The molecule has 3 N–H and O–H groups in total. The molecule has 1 amide bonds. The van der Waals surface area contributed by atoms with Crippen molar-refractivity contribution in [3.8, 4) is 0 Å². The minimum atomic E-state index is -1.20. The summed E-state index contributed by atoms with van der Waals surface area (Å²) in [5.41, 5.74) is -0.0900. The molecule has 1 saturated heterocycles. The van der Waals surface area contributed by atoms with Crippen LogP contribution in [0.25, 0.3) is 10.9 Å². The van der Waals surface area contributed by atoms with E-state index in [1.54, 1.807) is 4.90 Å². The molecular formula is C13H12Cl2FN5O3. The van der Waals surface area contributed by atoms with Gasteiger partial charge < -0.3 is 20.4 Å². The number of halogens is 3. The zero-order chi connectivity index (χ0) is 17.4. The number of anilines is 1. The minimum absolute atomic E-state index is 0.0900. The van der Waals surface area contributed by atoms with Gasteiger partial charge in [0, 0.05) is 19.3 Å². The van der Waals surface area contributed by atoms with E-state index < -0.39 is 24.1 Å². The van der Waals surface area contributed by atoms with Gasteiger partial charge in [-0.3, -0.25) is 0 Å². The van der Waals surface area contributed by atoms with Crippen molar-refractivity contribution in [3.05, 3.63) is 22.5 Å². The van der Waals surface area contributed by atoms with Gasteiger partial charge in [0.25, 0.3) is 0 Å². The molecule has 2 atom stereocenters. The smallest absolute Gasteiger partial charge is 0.404 e. The molecule has 0 radical (unpaired) electrons. The number of fused-ring (bicyclic) bond motifs is 1. The number of β-amino-alcohol motifs (C(OH)–C–C–N with tert-alkyl or cyclic N) is 1. The maximum Gasteiger partial charge on any atom is 0.404 e. The molecule has 0 bridgehead atoms. The normalized spacial score (nSPS) is 21.1. The highest BCUT2D eigenvalue weighted by molar-refractivity contribution is 6.30. The molecule has 3 rings (SSSR count). The van der Waals surface area contributed by atoms with Gasteiger partial charge in [0.2, 0.25) is 5.28 Å². The summed E-state index contributed by atoms with van der Waals surface area (Å²) in [6, 6.07) is -0.514. The van der Waals surface area contributed by atoms with E-state index >= 15 is 0 Å². The molecule has 24 heavy (non-hydrogen) atoms. The summed E-state index contributed by atoms with van der Waals surface area (Å²) in [4.78, 5) is 24.1. The topological polar surface area (TPSA) is 111 Å². The first-order valence-electron chi connectivity index (χ1n) is 6.95. The zero-order valence-corrected chi connectivity index (χ0v) is 13.6. The van der Waals surface area contributed by atoms with E-state index in [9.17, 15) is 14.3 Å². The lowest BCUT2D eigenvalue weighted by Gasteiger charge is -2.36. The number of nitrogens with one attached hydrogen (secondary N) is 1. The van der Waals surface area contributed by atoms with Gasteiger partial charge in [-0.05, 0) is 18.0 Å². The highest BCUT2D eigenvalue weighted by Crippen LogP contribution is 2.30. The van der Waals surface area contributed by atoms with Crippen LogP contribution in [0.1, 0.15) is 6.42 Å². The number of aliphatic hydroxyl groups is 1. The molecule has 2 aromatic heterocycles. The predicted octanol–water partition coefficient (Wildman–Crippen LogP) is 1.68. The number of aliphatic hydroxyl groups excluding tert-OH is 1. The van der Waals surface area contributed by atoms with Gasteiger partial charge in [-0.1, -0.05) is 11.6 Å². The Balaban J connectivity index is 2.04. The Kier molecular flexibility index (Phi) is 4.57. The number of carbonyl (C=O) groups is 1. The van der Waals surface area contributed by atoms with Crippen LogP contribution in [0.4, 0.5) is 15.0 Å². The molecule has 1 aliphatic heterocycles. The van der Waals surface area contributed by atoms with Crippen LogP contribution in [-0.2, 0) is 0 Å². The lowest BCUT2D eigenvalue weighted by atomic mass is 10.0. The molecule has 0 saturated carbocycles. The maximum atomic E-state index is 14.1. The van der Waals surface area contributed by atoms with Crippen LogP contribution in [0, 0.1) is 5.82 Å². The number of nitrogens with zero attached hydrogens (tertiary/aromatic N) is 4. The fourth-order valence-corrected chi connectivity index (χ4v) is 3.06. The van der Waals surface area contributed by atoms with Crippen LogP contribution >= 0.6 is 23.2 Å². The summed E-state index contributed by atoms with van der Waals surface area (Å²) < 4.78 is 14.1. The molecule has 1 fully saturated rings. The summed E-state index contributed by atoms with van der Waals surface area (Å²) in [7, 11) is 0. The van der Waals surface area contributed by atoms with Crippen molar-refractivity contribution in [2.24, 2.45) is 0 Å². The third-order valence-corrected chi connectivity index (χ3v) is 4.08. The first kappa shape index (κ1) is 16.9. The largest absolute Gasteiger partial charge is 0.465 e. The quantitative estimate of drug-likeness (QED) is 0.540. The lowest BCUT2D eigenvalue weighted by molar-refractivity contribution is 0.132. The van der Waals surface area contributed by atoms with E-state index in [0.717, 1.165) is 0 Å². The van der Waals surface area contributed by atoms with Crippen molar-refractivity contribution < 1.29 is 19.4 Å². The number of pyridine rings is 1. The molecule has 8 nitrogen and oxygen atoms in total. The molecule has 0 unspecified atom stereocenters. The van der Waals surface area contributed by atoms with Crippen molar-refractivity contribution in [1.82, 2.24) is 20.3 Å². The monoisotopic (exact) mass is 375 g/mol. The second-order valence-electron chi connectivity index (χ2n) is 5.38. The average Bonchev–Trinajstić information content (AvgIpc) is 2.49. The number of piperidine rings is 1. The van der Waals surface area contributed by atoms with E-state index in [4.69, 9.17) is 28.3 Å². The van der Waals surface area contributed by atoms with Crippen LogP contribution < -0.4 is 10.2 Å². The summed E-state index contributed by atoms with van der Waals surface area (Å²) >= 11 is 11.5. The third kappa shape index (κ3) is 3.28. The molecule has 128 valence electrons. The molecule has 0 aromatic carbocycles. The first-order valence-corrected chi connectivity index (χ1v) is 7.70. The minimum Gasteiger partial charge on any atom is -0.465 e. The molecule has 1 aliphatic rings. The maximum absolute atomic E-state index is 14.1. The van der Waals surface area contributed by atoms with Crippen LogP contribution in [0.5, 0.6) is 0 Å². The van der Waals surface area contributed by atoms with Gasteiger partial charge in [-0.25, -0.2) is 19.2 Å². The molecule has 11 heteroatoms. The lowest BCUT2D eigenvalue weighted by Crippen LogP contribution is -2.52. The second-order valence-corrected chi connectivity index (χ2v) is 6.08. The van der Waals surface area contributed by atoms with E-state index in [1.807, 2.05) is 0 Å². The van der Waals surface area contributed by atoms with Crippen molar-refractivity contribution in [2.75, 3.05) is 18.0 Å². The number of hydrogen-bond donors (Lipinski definition) is 3. The predicted molar refractivity (Wildman–Crippen MR) is 85.1 cm³/mol. The molecule has 0 aliphatic carbocycles. The van der Waals surface area contributed by atoms with Gasteiger partial charge in [0.15, 0.2) is 11.0 Å². The Hall–Kier alpha value is -1.97. The fraction of sp³-hybridized carbons (Fsp3) is 0.385. The van der Waals surface area contributed by atoms with Gasteiger partial charge in [-0.15, -0.1) is 0 Å². The van der Waals surface area contributed by atoms with Crippen molar-refractivity contribution in [3.63, 3.8) is 0 Å². The Morgan fingerprint density at radius 2 is 2.12 bits per heavy atom. The number of carboxylic acid groups (broad SMARTS) is 1.